The number of nitrogens with zero attached hydrogens (tertiary/aromatic N) is 3. The van der Waals surface area contributed by atoms with Gasteiger partial charge >= 0.3 is 5.97 Å². The number of esters is 1. The maximum absolute atomic E-state index is 13.1. The molecule has 1 aromatic rings. The van der Waals surface area contributed by atoms with Gasteiger partial charge in [0.2, 0.25) is 5.91 Å². The predicted molar refractivity (Wildman–Crippen MR) is 102 cm³/mol. The van der Waals surface area contributed by atoms with Gasteiger partial charge in [0.05, 0.1) is 18.2 Å². The van der Waals surface area contributed by atoms with Gasteiger partial charge < -0.3 is 20.1 Å². The molecule has 2 saturated heterocycles. The minimum absolute atomic E-state index is 0.0443. The lowest BCUT2D eigenvalue weighted by Gasteiger charge is -2.39. The first-order valence-electron chi connectivity index (χ1n) is 9.64. The van der Waals surface area contributed by atoms with Crippen molar-refractivity contribution in [2.24, 2.45) is 11.1 Å². The molecule has 1 aromatic heterocycles. The zero-order valence-electron chi connectivity index (χ0n) is 16.4. The molecule has 3 rings (SSSR count). The maximum atomic E-state index is 13.1. The zero-order chi connectivity index (χ0) is 22.8. The summed E-state index contributed by atoms with van der Waals surface area (Å²) in [5.74, 6) is -1.17. The van der Waals surface area contributed by atoms with Gasteiger partial charge in [-0.3, -0.25) is 14.3 Å². The van der Waals surface area contributed by atoms with Crippen molar-refractivity contribution in [3.63, 3.8) is 0 Å². The molecule has 172 valence electrons. The van der Waals surface area contributed by atoms with E-state index in [0.29, 0.717) is 30.4 Å². The fraction of sp³-hybridized carbons (Fsp3) is 0.667. The van der Waals surface area contributed by atoms with Crippen LogP contribution in [0.25, 0.3) is 0 Å². The molecular formula is C18H22F4N4O4S. The van der Waals surface area contributed by atoms with Gasteiger partial charge in [0, 0.05) is 19.5 Å². The van der Waals surface area contributed by atoms with Crippen LogP contribution in [0.15, 0.2) is 6.07 Å². The number of ether oxygens (including phenoxy) is 2. The van der Waals surface area contributed by atoms with E-state index in [2.05, 4.69) is 5.10 Å². The van der Waals surface area contributed by atoms with E-state index in [0.717, 1.165) is 0 Å². The van der Waals surface area contributed by atoms with Gasteiger partial charge in [-0.05, 0) is 18.9 Å². The van der Waals surface area contributed by atoms with Crippen molar-refractivity contribution in [2.45, 2.75) is 44.8 Å². The SMILES string of the molecule is NC(=S)C1(C(=O)O[C@@H]2CCOC2)CCN(C(=O)Cn2nc(C(F)F)cc2C(F)F)CC1. The highest BCUT2D eigenvalue weighted by atomic mass is 32.1. The Labute approximate surface area is 180 Å². The topological polar surface area (TPSA) is 99.7 Å². The van der Waals surface area contributed by atoms with E-state index in [-0.39, 0.29) is 37.0 Å². The number of hydrogen-bond donors (Lipinski definition) is 1. The van der Waals surface area contributed by atoms with Gasteiger partial charge in [-0.2, -0.15) is 5.10 Å². The Balaban J connectivity index is 1.65. The van der Waals surface area contributed by atoms with Crippen LogP contribution in [0.1, 0.15) is 43.5 Å². The Morgan fingerprint density at radius 3 is 2.48 bits per heavy atom. The Morgan fingerprint density at radius 2 is 1.97 bits per heavy atom. The molecule has 1 amide bonds. The first kappa shape index (κ1) is 23.4. The Hall–Kier alpha value is -2.28. The first-order valence-corrected chi connectivity index (χ1v) is 10.1. The molecule has 0 aliphatic carbocycles. The van der Waals surface area contributed by atoms with Crippen LogP contribution < -0.4 is 5.73 Å². The van der Waals surface area contributed by atoms with Gasteiger partial charge in [0.15, 0.2) is 0 Å². The molecule has 0 spiro atoms. The van der Waals surface area contributed by atoms with E-state index in [1.54, 1.807) is 0 Å². The van der Waals surface area contributed by atoms with Crippen molar-refractivity contribution in [1.29, 1.82) is 0 Å². The van der Waals surface area contributed by atoms with E-state index < -0.39 is 48.1 Å². The van der Waals surface area contributed by atoms with Crippen LogP contribution in [0.3, 0.4) is 0 Å². The first-order chi connectivity index (χ1) is 14.6. The summed E-state index contributed by atoms with van der Waals surface area (Å²) in [6, 6.07) is 0.583. The molecule has 31 heavy (non-hydrogen) atoms. The number of nitrogens with two attached hydrogens (primary N) is 1. The summed E-state index contributed by atoms with van der Waals surface area (Å²) in [6.45, 7) is 0.289. The second-order valence-corrected chi connectivity index (χ2v) is 7.91. The molecule has 0 saturated carbocycles. The van der Waals surface area contributed by atoms with Crippen LogP contribution in [-0.4, -0.2) is 64.0 Å². The molecule has 0 unspecified atom stereocenters. The van der Waals surface area contributed by atoms with Crippen LogP contribution in [0.4, 0.5) is 17.6 Å². The molecule has 13 heteroatoms. The van der Waals surface area contributed by atoms with Crippen LogP contribution in [0.5, 0.6) is 0 Å². The summed E-state index contributed by atoms with van der Waals surface area (Å²) in [6.07, 6.45) is -5.71. The molecule has 0 aromatic carbocycles. The number of rotatable bonds is 7. The minimum atomic E-state index is -3.06. The lowest BCUT2D eigenvalue weighted by Crippen LogP contribution is -2.53. The minimum Gasteiger partial charge on any atom is -0.459 e. The Morgan fingerprint density at radius 1 is 1.29 bits per heavy atom. The lowest BCUT2D eigenvalue weighted by molar-refractivity contribution is -0.160. The summed E-state index contributed by atoms with van der Waals surface area (Å²) in [7, 11) is 0. The van der Waals surface area contributed by atoms with Crippen molar-refractivity contribution in [1.82, 2.24) is 14.7 Å². The average Bonchev–Trinajstić information content (AvgIpc) is 3.37. The van der Waals surface area contributed by atoms with Crippen molar-refractivity contribution < 1.29 is 36.6 Å². The summed E-state index contributed by atoms with van der Waals surface area (Å²) in [5, 5.41) is 3.42. The number of piperidine rings is 1. The summed E-state index contributed by atoms with van der Waals surface area (Å²) >= 11 is 5.10. The van der Waals surface area contributed by atoms with E-state index in [1.165, 1.54) is 4.90 Å². The number of likely N-dealkylation sites (tertiary alicyclic amines) is 1. The fourth-order valence-corrected chi connectivity index (χ4v) is 3.94. The third kappa shape index (κ3) is 4.97. The number of hydrogen-bond acceptors (Lipinski definition) is 6. The van der Waals surface area contributed by atoms with E-state index in [4.69, 9.17) is 27.4 Å². The molecule has 2 aliphatic rings. The van der Waals surface area contributed by atoms with Crippen LogP contribution >= 0.6 is 12.2 Å². The molecular weight excluding hydrogens is 444 g/mol. The van der Waals surface area contributed by atoms with Gasteiger partial charge in [0.1, 0.15) is 29.5 Å². The zero-order valence-corrected chi connectivity index (χ0v) is 17.3. The van der Waals surface area contributed by atoms with Gasteiger partial charge in [-0.25, -0.2) is 17.6 Å². The predicted octanol–water partition coefficient (Wildman–Crippen LogP) is 1.99. The molecule has 3 heterocycles. The van der Waals surface area contributed by atoms with Crippen molar-refractivity contribution in [2.75, 3.05) is 26.3 Å². The number of aromatic nitrogens is 2. The molecule has 2 fully saturated rings. The van der Waals surface area contributed by atoms with Gasteiger partial charge in [0.25, 0.3) is 12.9 Å². The average molecular weight is 466 g/mol. The van der Waals surface area contributed by atoms with E-state index >= 15 is 0 Å². The van der Waals surface area contributed by atoms with Crippen molar-refractivity contribution in [3.05, 3.63) is 17.5 Å². The smallest absolute Gasteiger partial charge is 0.319 e. The highest BCUT2D eigenvalue weighted by Crippen LogP contribution is 2.35. The summed E-state index contributed by atoms with van der Waals surface area (Å²) in [5.41, 5.74) is 3.01. The summed E-state index contributed by atoms with van der Waals surface area (Å²) in [4.78, 5) is 26.6. The number of alkyl halides is 4. The third-order valence-electron chi connectivity index (χ3n) is 5.56. The number of amides is 1. The number of halogens is 4. The molecule has 2 N–H and O–H groups in total. The van der Waals surface area contributed by atoms with E-state index in [1.807, 2.05) is 0 Å². The highest BCUT2D eigenvalue weighted by Gasteiger charge is 2.47. The van der Waals surface area contributed by atoms with Crippen molar-refractivity contribution >= 4 is 29.1 Å². The Kier molecular flexibility index (Phi) is 7.14. The quantitative estimate of drug-likeness (QED) is 0.373. The van der Waals surface area contributed by atoms with Gasteiger partial charge in [-0.15, -0.1) is 0 Å². The van der Waals surface area contributed by atoms with Gasteiger partial charge in [-0.1, -0.05) is 12.2 Å². The number of carbonyl (C=O) groups excluding carboxylic acids is 2. The second kappa shape index (κ2) is 9.47. The van der Waals surface area contributed by atoms with Crippen LogP contribution in [0, 0.1) is 5.41 Å². The number of carbonyl (C=O) groups is 2. The normalized spacial score (nSPS) is 21.0. The standard InChI is InChI=1S/C18H22F4N4O4S/c19-14(20)11-7-12(15(21)22)26(24-11)8-13(27)25-4-2-18(3-5-25,16(23)31)17(28)30-10-1-6-29-9-10/h7,10,14-15H,1-6,8-9H2,(H2,23,31)/t10-/m1/s1. The Bertz CT molecular complexity index is 837. The summed E-state index contributed by atoms with van der Waals surface area (Å²) < 4.78 is 63.1. The van der Waals surface area contributed by atoms with Crippen molar-refractivity contribution in [3.8, 4) is 0 Å². The second-order valence-electron chi connectivity index (χ2n) is 7.47. The maximum Gasteiger partial charge on any atom is 0.319 e. The van der Waals surface area contributed by atoms with Crippen LogP contribution in [-0.2, 0) is 25.6 Å². The largest absolute Gasteiger partial charge is 0.459 e. The molecule has 0 bridgehead atoms. The lowest BCUT2D eigenvalue weighted by atomic mass is 9.78. The molecule has 1 atom stereocenters. The van der Waals surface area contributed by atoms with Crippen LogP contribution in [0.2, 0.25) is 0 Å². The monoisotopic (exact) mass is 466 g/mol. The molecule has 0 radical (unpaired) electrons. The molecule has 8 nitrogen and oxygen atoms in total. The number of thiocarbonyl (C=S) groups is 1. The third-order valence-corrected chi connectivity index (χ3v) is 5.95. The molecule has 2 aliphatic heterocycles. The fourth-order valence-electron chi connectivity index (χ4n) is 3.65. The van der Waals surface area contributed by atoms with E-state index in [9.17, 15) is 27.2 Å². The highest BCUT2D eigenvalue weighted by molar-refractivity contribution is 7.80.